The number of hydrogen-bond donors (Lipinski definition) is 1. The third-order valence-electron chi connectivity index (χ3n) is 3.20. The summed E-state index contributed by atoms with van der Waals surface area (Å²) in [5.74, 6) is 0. The Hall–Kier alpha value is -0.120. The van der Waals surface area contributed by atoms with Gasteiger partial charge in [0.05, 0.1) is 19.3 Å². The van der Waals surface area contributed by atoms with Crippen LogP contribution in [0.15, 0.2) is 0 Å². The summed E-state index contributed by atoms with van der Waals surface area (Å²) in [7, 11) is 0. The average molecular weight is 199 g/mol. The normalized spacial score (nSPS) is 36.4. The Kier molecular flexibility index (Phi) is 3.10. The summed E-state index contributed by atoms with van der Waals surface area (Å²) >= 11 is 0. The summed E-state index contributed by atoms with van der Waals surface area (Å²) in [6.07, 6.45) is 2.73. The van der Waals surface area contributed by atoms with Crippen molar-refractivity contribution in [2.45, 2.75) is 38.8 Å². The van der Waals surface area contributed by atoms with Crippen LogP contribution in [0.5, 0.6) is 0 Å². The fourth-order valence-electron chi connectivity index (χ4n) is 2.13. The van der Waals surface area contributed by atoms with E-state index in [1.165, 1.54) is 0 Å². The first-order chi connectivity index (χ1) is 6.68. The lowest BCUT2D eigenvalue weighted by Gasteiger charge is -2.40. The maximum absolute atomic E-state index is 5.52. The van der Waals surface area contributed by atoms with Crippen molar-refractivity contribution in [3.8, 4) is 0 Å². The number of ether oxygens (including phenoxy) is 2. The molecule has 0 amide bonds. The first-order valence-electron chi connectivity index (χ1n) is 5.61. The second-order valence-electron chi connectivity index (χ2n) is 5.09. The smallest absolute Gasteiger partial charge is 0.0561 e. The van der Waals surface area contributed by atoms with Gasteiger partial charge < -0.3 is 14.8 Å². The van der Waals surface area contributed by atoms with Crippen LogP contribution in [0.3, 0.4) is 0 Å². The number of rotatable bonds is 3. The van der Waals surface area contributed by atoms with E-state index in [-0.39, 0.29) is 0 Å². The zero-order chi connectivity index (χ0) is 10.0. The van der Waals surface area contributed by atoms with E-state index >= 15 is 0 Å². The van der Waals surface area contributed by atoms with Gasteiger partial charge in [-0.1, -0.05) is 6.92 Å². The Labute approximate surface area is 86.2 Å². The van der Waals surface area contributed by atoms with Crippen molar-refractivity contribution in [2.24, 2.45) is 5.41 Å². The van der Waals surface area contributed by atoms with Crippen LogP contribution in [0.4, 0.5) is 0 Å². The van der Waals surface area contributed by atoms with E-state index in [2.05, 4.69) is 19.2 Å². The van der Waals surface area contributed by atoms with Gasteiger partial charge in [0, 0.05) is 24.6 Å². The molecule has 3 nitrogen and oxygen atoms in total. The molecule has 2 rings (SSSR count). The molecule has 1 N–H and O–H groups in total. The quantitative estimate of drug-likeness (QED) is 0.740. The van der Waals surface area contributed by atoms with E-state index < -0.39 is 0 Å². The monoisotopic (exact) mass is 199 g/mol. The zero-order valence-electron chi connectivity index (χ0n) is 9.21. The molecule has 0 aromatic carbocycles. The molecule has 0 spiro atoms. The van der Waals surface area contributed by atoms with Crippen LogP contribution in [0, 0.1) is 5.41 Å². The van der Waals surface area contributed by atoms with E-state index in [0.717, 1.165) is 39.2 Å². The minimum absolute atomic E-state index is 0.390. The van der Waals surface area contributed by atoms with Gasteiger partial charge in [-0.05, 0) is 19.8 Å². The van der Waals surface area contributed by atoms with Gasteiger partial charge >= 0.3 is 0 Å². The first-order valence-corrected chi connectivity index (χ1v) is 5.61. The van der Waals surface area contributed by atoms with Gasteiger partial charge in [0.15, 0.2) is 0 Å². The molecule has 2 aliphatic heterocycles. The van der Waals surface area contributed by atoms with Crippen LogP contribution in [-0.2, 0) is 9.47 Å². The van der Waals surface area contributed by atoms with Crippen molar-refractivity contribution < 1.29 is 9.47 Å². The molecule has 2 fully saturated rings. The van der Waals surface area contributed by atoms with E-state index in [1.54, 1.807) is 0 Å². The highest BCUT2D eigenvalue weighted by molar-refractivity contribution is 4.85. The van der Waals surface area contributed by atoms with Crippen molar-refractivity contribution in [1.82, 2.24) is 5.32 Å². The predicted octanol–water partition coefficient (Wildman–Crippen LogP) is 1.18. The SMILES string of the molecule is CC1CC(NCC2(C)COC2)CCO1. The Bertz CT molecular complexity index is 192. The van der Waals surface area contributed by atoms with Gasteiger partial charge in [-0.15, -0.1) is 0 Å². The van der Waals surface area contributed by atoms with E-state index in [0.29, 0.717) is 17.6 Å². The average Bonchev–Trinajstić information content (AvgIpc) is 2.12. The minimum atomic E-state index is 0.390. The van der Waals surface area contributed by atoms with Crippen LogP contribution in [0.2, 0.25) is 0 Å². The van der Waals surface area contributed by atoms with Gasteiger partial charge in [-0.25, -0.2) is 0 Å². The highest BCUT2D eigenvalue weighted by Gasteiger charge is 2.33. The number of hydrogen-bond acceptors (Lipinski definition) is 3. The molecule has 3 heteroatoms. The van der Waals surface area contributed by atoms with Gasteiger partial charge in [-0.2, -0.15) is 0 Å². The molecule has 2 saturated heterocycles. The topological polar surface area (TPSA) is 30.5 Å². The second kappa shape index (κ2) is 4.17. The van der Waals surface area contributed by atoms with Crippen LogP contribution in [0.1, 0.15) is 26.7 Å². The van der Waals surface area contributed by atoms with Crippen LogP contribution in [-0.4, -0.2) is 38.5 Å². The standard InChI is InChI=1S/C11H21NO2/c1-9-5-10(3-4-14-9)12-6-11(2)7-13-8-11/h9-10,12H,3-8H2,1-2H3. The molecular weight excluding hydrogens is 178 g/mol. The predicted molar refractivity (Wildman–Crippen MR) is 55.4 cm³/mol. The van der Waals surface area contributed by atoms with Crippen LogP contribution >= 0.6 is 0 Å². The lowest BCUT2D eigenvalue weighted by Crippen LogP contribution is -2.50. The second-order valence-corrected chi connectivity index (χ2v) is 5.09. The van der Waals surface area contributed by atoms with Crippen molar-refractivity contribution in [3.05, 3.63) is 0 Å². The Morgan fingerprint density at radius 1 is 1.43 bits per heavy atom. The highest BCUT2D eigenvalue weighted by atomic mass is 16.5. The maximum atomic E-state index is 5.52. The summed E-state index contributed by atoms with van der Waals surface area (Å²) in [6.45, 7) is 8.27. The molecule has 2 unspecified atom stereocenters. The first kappa shape index (κ1) is 10.4. The van der Waals surface area contributed by atoms with Gasteiger partial charge in [0.25, 0.3) is 0 Å². The third-order valence-corrected chi connectivity index (χ3v) is 3.20. The maximum Gasteiger partial charge on any atom is 0.0561 e. The lowest BCUT2D eigenvalue weighted by molar-refractivity contribution is -0.102. The van der Waals surface area contributed by atoms with Crippen LogP contribution < -0.4 is 5.32 Å². The molecule has 0 radical (unpaired) electrons. The van der Waals surface area contributed by atoms with Crippen molar-refractivity contribution in [1.29, 1.82) is 0 Å². The highest BCUT2D eigenvalue weighted by Crippen LogP contribution is 2.26. The summed E-state index contributed by atoms with van der Waals surface area (Å²) in [5.41, 5.74) is 0.390. The van der Waals surface area contributed by atoms with Crippen molar-refractivity contribution in [3.63, 3.8) is 0 Å². The molecule has 82 valence electrons. The van der Waals surface area contributed by atoms with Gasteiger partial charge in [-0.3, -0.25) is 0 Å². The summed E-state index contributed by atoms with van der Waals surface area (Å²) in [5, 5.41) is 3.63. The number of nitrogens with one attached hydrogen (secondary N) is 1. The fraction of sp³-hybridized carbons (Fsp3) is 1.00. The zero-order valence-corrected chi connectivity index (χ0v) is 9.21. The lowest BCUT2D eigenvalue weighted by atomic mass is 9.88. The molecule has 2 atom stereocenters. The summed E-state index contributed by atoms with van der Waals surface area (Å²) in [6, 6.07) is 0.649. The van der Waals surface area contributed by atoms with E-state index in [4.69, 9.17) is 9.47 Å². The molecular formula is C11H21NO2. The molecule has 0 aromatic heterocycles. The molecule has 0 saturated carbocycles. The molecule has 0 bridgehead atoms. The minimum Gasteiger partial charge on any atom is -0.380 e. The summed E-state index contributed by atoms with van der Waals surface area (Å²) in [4.78, 5) is 0. The summed E-state index contributed by atoms with van der Waals surface area (Å²) < 4.78 is 10.7. The Balaban J connectivity index is 1.69. The molecule has 0 aliphatic carbocycles. The largest absolute Gasteiger partial charge is 0.380 e. The van der Waals surface area contributed by atoms with Gasteiger partial charge in [0.2, 0.25) is 0 Å². The Morgan fingerprint density at radius 3 is 2.79 bits per heavy atom. The molecule has 2 heterocycles. The Morgan fingerprint density at radius 2 is 2.21 bits per heavy atom. The third kappa shape index (κ3) is 2.47. The fourth-order valence-corrected chi connectivity index (χ4v) is 2.13. The molecule has 14 heavy (non-hydrogen) atoms. The van der Waals surface area contributed by atoms with E-state index in [9.17, 15) is 0 Å². The van der Waals surface area contributed by atoms with Crippen molar-refractivity contribution in [2.75, 3.05) is 26.4 Å². The van der Waals surface area contributed by atoms with E-state index in [1.807, 2.05) is 0 Å². The molecule has 0 aromatic rings. The van der Waals surface area contributed by atoms with Crippen LogP contribution in [0.25, 0.3) is 0 Å². The molecule has 2 aliphatic rings. The van der Waals surface area contributed by atoms with Gasteiger partial charge in [0.1, 0.15) is 0 Å². The van der Waals surface area contributed by atoms with Crippen molar-refractivity contribution >= 4 is 0 Å².